The number of rotatable bonds is 7. The average molecular weight is 297 g/mol. The van der Waals surface area contributed by atoms with Crippen LogP contribution in [0.25, 0.3) is 0 Å². The molecule has 0 atom stereocenters. The molecule has 0 unspecified atom stereocenters. The fourth-order valence-corrected chi connectivity index (χ4v) is 3.33. The summed E-state index contributed by atoms with van der Waals surface area (Å²) in [7, 11) is -0.677. The van der Waals surface area contributed by atoms with Gasteiger partial charge in [-0.05, 0) is 18.6 Å². The van der Waals surface area contributed by atoms with E-state index in [-0.39, 0.29) is 11.9 Å². The number of halogens is 1. The molecule has 0 amide bonds. The van der Waals surface area contributed by atoms with Crippen molar-refractivity contribution in [1.29, 1.82) is 0 Å². The van der Waals surface area contributed by atoms with Gasteiger partial charge in [-0.25, -0.2) is 0 Å². The number of carbonyl (C=O) groups is 1. The summed E-state index contributed by atoms with van der Waals surface area (Å²) in [6, 6.07) is 3.67. The van der Waals surface area contributed by atoms with Gasteiger partial charge in [0.15, 0.2) is 0 Å². The van der Waals surface area contributed by atoms with E-state index in [9.17, 15) is 9.36 Å². The molecule has 7 heteroatoms. The lowest BCUT2D eigenvalue weighted by atomic mass is 10.2. The van der Waals surface area contributed by atoms with Crippen LogP contribution in [0.4, 0.5) is 0 Å². The summed E-state index contributed by atoms with van der Waals surface area (Å²) in [4.78, 5) is 12.6. The van der Waals surface area contributed by atoms with Gasteiger partial charge in [-0.1, -0.05) is 11.6 Å². The van der Waals surface area contributed by atoms with E-state index in [1.807, 2.05) is 6.07 Å². The van der Waals surface area contributed by atoms with Crippen LogP contribution in [0.2, 0.25) is 4.34 Å². The topological polar surface area (TPSA) is 52.6 Å². The fraction of sp³-hybridized carbons (Fsp3) is 0.500. The molecule has 4 nitrogen and oxygen atoms in total. The Morgan fingerprint density at radius 3 is 2.53 bits per heavy atom. The number of hydrogen-bond acceptors (Lipinski definition) is 5. The first-order valence-corrected chi connectivity index (χ1v) is 7.88. The second-order valence-corrected chi connectivity index (χ2v) is 7.45. The van der Waals surface area contributed by atoms with Crippen LogP contribution >= 0.6 is 30.5 Å². The zero-order valence-electron chi connectivity index (χ0n) is 9.64. The standard InChI is InChI=1S/C10H14ClO4PS/c1-14-16(13,15-2)7-8(12)3-4-9-5-6-10(11)17-9/h5-6H,3-4,7H2,1-2H3. The molecule has 0 bridgehead atoms. The Morgan fingerprint density at radius 2 is 2.06 bits per heavy atom. The maximum absolute atomic E-state index is 11.7. The highest BCUT2D eigenvalue weighted by Gasteiger charge is 2.25. The van der Waals surface area contributed by atoms with Crippen molar-refractivity contribution in [1.82, 2.24) is 0 Å². The molecule has 0 aliphatic carbocycles. The molecule has 0 fully saturated rings. The molecule has 1 heterocycles. The van der Waals surface area contributed by atoms with Crippen LogP contribution < -0.4 is 0 Å². The Hall–Kier alpha value is -0.190. The largest absolute Gasteiger partial charge is 0.337 e. The molecule has 0 aromatic carbocycles. The number of Topliss-reactive ketones (excluding diaryl/α,β-unsaturated/α-hetero) is 1. The SMILES string of the molecule is COP(=O)(CC(=O)CCc1ccc(Cl)s1)OC. The number of aryl methyl sites for hydroxylation is 1. The van der Waals surface area contributed by atoms with Crippen molar-refractivity contribution in [2.45, 2.75) is 12.8 Å². The van der Waals surface area contributed by atoms with Gasteiger partial charge in [-0.3, -0.25) is 9.36 Å². The highest BCUT2D eigenvalue weighted by atomic mass is 35.5. The molecule has 17 heavy (non-hydrogen) atoms. The third-order valence-corrected chi connectivity index (χ3v) is 5.35. The van der Waals surface area contributed by atoms with Crippen molar-refractivity contribution in [3.63, 3.8) is 0 Å². The summed E-state index contributed by atoms with van der Waals surface area (Å²) in [6.45, 7) is 0. The molecule has 96 valence electrons. The van der Waals surface area contributed by atoms with E-state index in [0.29, 0.717) is 17.2 Å². The van der Waals surface area contributed by atoms with Gasteiger partial charge in [-0.2, -0.15) is 0 Å². The van der Waals surface area contributed by atoms with Crippen LogP contribution in [0.15, 0.2) is 12.1 Å². The molecule has 1 aromatic rings. The highest BCUT2D eigenvalue weighted by molar-refractivity contribution is 7.54. The zero-order chi connectivity index (χ0) is 12.9. The first kappa shape index (κ1) is 14.9. The van der Waals surface area contributed by atoms with Crippen molar-refractivity contribution >= 4 is 36.3 Å². The normalized spacial score (nSPS) is 11.7. The van der Waals surface area contributed by atoms with E-state index >= 15 is 0 Å². The second-order valence-electron chi connectivity index (χ2n) is 3.38. The number of carbonyl (C=O) groups excluding carboxylic acids is 1. The van der Waals surface area contributed by atoms with E-state index in [0.717, 1.165) is 4.88 Å². The molecule has 0 saturated heterocycles. The molecule has 0 N–H and O–H groups in total. The first-order valence-electron chi connectivity index (χ1n) is 4.95. The van der Waals surface area contributed by atoms with Crippen molar-refractivity contribution in [2.75, 3.05) is 20.4 Å². The zero-order valence-corrected chi connectivity index (χ0v) is 12.1. The van der Waals surface area contributed by atoms with Crippen LogP contribution in [0.5, 0.6) is 0 Å². The Kier molecular flexibility index (Phi) is 5.83. The molecule has 0 radical (unpaired) electrons. The van der Waals surface area contributed by atoms with Gasteiger partial charge >= 0.3 is 7.60 Å². The minimum absolute atomic E-state index is 0.137. The van der Waals surface area contributed by atoms with E-state index < -0.39 is 7.60 Å². The number of ketones is 1. The van der Waals surface area contributed by atoms with Crippen molar-refractivity contribution in [3.8, 4) is 0 Å². The molecular weight excluding hydrogens is 283 g/mol. The Morgan fingerprint density at radius 1 is 1.41 bits per heavy atom. The van der Waals surface area contributed by atoms with Crippen molar-refractivity contribution < 1.29 is 18.4 Å². The third kappa shape index (κ3) is 4.90. The lowest BCUT2D eigenvalue weighted by Crippen LogP contribution is -2.08. The van der Waals surface area contributed by atoms with Crippen LogP contribution in [-0.2, 0) is 24.8 Å². The van der Waals surface area contributed by atoms with Gasteiger partial charge in [0, 0.05) is 25.5 Å². The number of thiophene rings is 1. The van der Waals surface area contributed by atoms with Crippen molar-refractivity contribution in [3.05, 3.63) is 21.3 Å². The van der Waals surface area contributed by atoms with Crippen LogP contribution in [0.3, 0.4) is 0 Å². The quantitative estimate of drug-likeness (QED) is 0.724. The minimum atomic E-state index is -3.23. The van der Waals surface area contributed by atoms with Gasteiger partial charge < -0.3 is 9.05 Å². The molecule has 1 rings (SSSR count). The minimum Gasteiger partial charge on any atom is -0.312 e. The van der Waals surface area contributed by atoms with Crippen LogP contribution in [0.1, 0.15) is 11.3 Å². The summed E-state index contributed by atoms with van der Waals surface area (Å²) < 4.78 is 21.8. The second kappa shape index (κ2) is 6.66. The highest BCUT2D eigenvalue weighted by Crippen LogP contribution is 2.46. The monoisotopic (exact) mass is 296 g/mol. The Labute approximate surface area is 109 Å². The maximum atomic E-state index is 11.7. The van der Waals surface area contributed by atoms with Gasteiger partial charge in [-0.15, -0.1) is 11.3 Å². The van der Waals surface area contributed by atoms with Gasteiger partial charge in [0.05, 0.1) is 4.34 Å². The average Bonchev–Trinajstić information content (AvgIpc) is 2.72. The first-order chi connectivity index (χ1) is 7.99. The molecule has 0 spiro atoms. The Balaban J connectivity index is 2.43. The molecule has 0 aliphatic heterocycles. The molecule has 0 aliphatic rings. The van der Waals surface area contributed by atoms with Crippen LogP contribution in [-0.4, -0.2) is 26.2 Å². The smallest absolute Gasteiger partial charge is 0.312 e. The summed E-state index contributed by atoms with van der Waals surface area (Å²) >= 11 is 7.22. The van der Waals surface area contributed by atoms with E-state index in [2.05, 4.69) is 0 Å². The third-order valence-electron chi connectivity index (χ3n) is 2.21. The predicted molar refractivity (Wildman–Crippen MR) is 69.1 cm³/mol. The summed E-state index contributed by atoms with van der Waals surface area (Å²) in [6.07, 6.45) is 0.732. The lowest BCUT2D eigenvalue weighted by molar-refractivity contribution is -0.116. The summed E-state index contributed by atoms with van der Waals surface area (Å²) in [5, 5.41) is 0. The summed E-state index contributed by atoms with van der Waals surface area (Å²) in [5.74, 6) is -0.137. The fourth-order valence-electron chi connectivity index (χ4n) is 1.25. The number of hydrogen-bond donors (Lipinski definition) is 0. The molecule has 1 aromatic heterocycles. The van der Waals surface area contributed by atoms with E-state index in [1.54, 1.807) is 6.07 Å². The van der Waals surface area contributed by atoms with E-state index in [4.69, 9.17) is 20.6 Å². The van der Waals surface area contributed by atoms with Gasteiger partial charge in [0.1, 0.15) is 11.9 Å². The summed E-state index contributed by atoms with van der Waals surface area (Å²) in [5.41, 5.74) is 0. The van der Waals surface area contributed by atoms with Crippen molar-refractivity contribution in [2.24, 2.45) is 0 Å². The molecular formula is C10H14ClO4PS. The predicted octanol–water partition coefficient (Wildman–Crippen LogP) is 3.39. The van der Waals surface area contributed by atoms with E-state index in [1.165, 1.54) is 25.6 Å². The Bertz CT molecular complexity index is 424. The lowest BCUT2D eigenvalue weighted by Gasteiger charge is -2.12. The van der Waals surface area contributed by atoms with Gasteiger partial charge in [0.25, 0.3) is 0 Å². The molecule has 0 saturated carbocycles. The van der Waals surface area contributed by atoms with Crippen LogP contribution in [0, 0.1) is 0 Å². The maximum Gasteiger partial charge on any atom is 0.337 e. The van der Waals surface area contributed by atoms with Gasteiger partial charge in [0.2, 0.25) is 0 Å².